The maximum Gasteiger partial charge on any atom is 0.414 e. The van der Waals surface area contributed by atoms with E-state index < -0.39 is 11.6 Å². The lowest BCUT2D eigenvalue weighted by Crippen LogP contribution is -2.59. The van der Waals surface area contributed by atoms with Crippen molar-refractivity contribution in [3.05, 3.63) is 17.7 Å². The summed E-state index contributed by atoms with van der Waals surface area (Å²) in [6.45, 7) is 4.49. The van der Waals surface area contributed by atoms with E-state index in [1.165, 1.54) is 12.8 Å². The second-order valence-corrected chi connectivity index (χ2v) is 9.02. The predicted molar refractivity (Wildman–Crippen MR) is 113 cm³/mol. The fraction of sp³-hybridized carbons (Fsp3) is 0.696. The van der Waals surface area contributed by atoms with Gasteiger partial charge in [-0.25, -0.2) is 4.79 Å². The number of likely N-dealkylation sites (N-methyl/N-ethyl adjacent to an activating group) is 1. The van der Waals surface area contributed by atoms with Gasteiger partial charge in [0.25, 0.3) is 0 Å². The van der Waals surface area contributed by atoms with Gasteiger partial charge in [-0.2, -0.15) is 4.98 Å². The third-order valence-electron chi connectivity index (χ3n) is 6.60. The van der Waals surface area contributed by atoms with Crippen LogP contribution in [0.2, 0.25) is 0 Å². The molecule has 3 aliphatic rings. The van der Waals surface area contributed by atoms with Crippen LogP contribution < -0.4 is 14.8 Å². The molecule has 3 saturated carbocycles. The molecule has 3 fully saturated rings. The number of ether oxygens (including phenoxy) is 2. The van der Waals surface area contributed by atoms with Gasteiger partial charge in [-0.15, -0.1) is 0 Å². The molecule has 0 aromatic carbocycles. The fourth-order valence-electron chi connectivity index (χ4n) is 3.86. The molecule has 164 valence electrons. The van der Waals surface area contributed by atoms with E-state index in [1.54, 1.807) is 11.0 Å². The zero-order valence-corrected chi connectivity index (χ0v) is 18.3. The number of rotatable bonds is 10. The second-order valence-electron chi connectivity index (χ2n) is 9.02. The number of carbonyl (C=O) groups is 2. The largest absolute Gasteiger partial charge is 0.477 e. The Kier molecular flexibility index (Phi) is 5.89. The van der Waals surface area contributed by atoms with Crippen molar-refractivity contribution in [1.82, 2.24) is 15.2 Å². The Morgan fingerprint density at radius 3 is 2.40 bits per heavy atom. The highest BCUT2D eigenvalue weighted by atomic mass is 16.6. The van der Waals surface area contributed by atoms with Crippen LogP contribution in [-0.2, 0) is 4.79 Å². The molecule has 7 nitrogen and oxygen atoms in total. The second kappa shape index (κ2) is 8.44. The van der Waals surface area contributed by atoms with Crippen LogP contribution in [0, 0.1) is 5.92 Å². The quantitative estimate of drug-likeness (QED) is 0.624. The van der Waals surface area contributed by atoms with Crippen molar-refractivity contribution in [2.24, 2.45) is 5.92 Å². The van der Waals surface area contributed by atoms with E-state index in [2.05, 4.69) is 10.3 Å². The molecule has 0 spiro atoms. The van der Waals surface area contributed by atoms with E-state index in [4.69, 9.17) is 9.47 Å². The monoisotopic (exact) mass is 415 g/mol. The maximum absolute atomic E-state index is 13.1. The zero-order chi connectivity index (χ0) is 21.3. The lowest BCUT2D eigenvalue weighted by Gasteiger charge is -2.34. The average Bonchev–Trinajstić information content (AvgIpc) is 3.58. The van der Waals surface area contributed by atoms with Crippen molar-refractivity contribution >= 4 is 12.0 Å². The topological polar surface area (TPSA) is 80.8 Å². The van der Waals surface area contributed by atoms with E-state index >= 15 is 0 Å². The van der Waals surface area contributed by atoms with Gasteiger partial charge in [-0.1, -0.05) is 13.8 Å². The van der Waals surface area contributed by atoms with Crippen molar-refractivity contribution in [3.63, 3.8) is 0 Å². The highest BCUT2D eigenvalue weighted by Crippen LogP contribution is 2.44. The number of pyridine rings is 1. The molecule has 1 aromatic rings. The van der Waals surface area contributed by atoms with Crippen LogP contribution in [0.1, 0.15) is 76.7 Å². The molecule has 0 unspecified atom stereocenters. The third-order valence-corrected chi connectivity index (χ3v) is 6.60. The Bertz CT molecular complexity index is 796. The first kappa shape index (κ1) is 20.9. The molecular formula is C23H33N3O4. The van der Waals surface area contributed by atoms with Gasteiger partial charge in [0, 0.05) is 24.7 Å². The van der Waals surface area contributed by atoms with E-state index in [1.807, 2.05) is 27.0 Å². The first-order chi connectivity index (χ1) is 14.5. The van der Waals surface area contributed by atoms with Gasteiger partial charge in [0.1, 0.15) is 5.54 Å². The summed E-state index contributed by atoms with van der Waals surface area (Å²) < 4.78 is 11.4. The zero-order valence-electron chi connectivity index (χ0n) is 18.3. The number of hydrogen-bond donors (Lipinski definition) is 1. The van der Waals surface area contributed by atoms with Crippen LogP contribution in [0.3, 0.4) is 0 Å². The molecule has 0 radical (unpaired) electrons. The molecule has 1 N–H and O–H groups in total. The molecule has 0 atom stereocenters. The van der Waals surface area contributed by atoms with Gasteiger partial charge in [-0.05, 0) is 69.3 Å². The lowest BCUT2D eigenvalue weighted by molar-refractivity contribution is -0.137. The van der Waals surface area contributed by atoms with Crippen molar-refractivity contribution in [2.45, 2.75) is 82.7 Å². The Hall–Kier alpha value is -2.31. The van der Waals surface area contributed by atoms with E-state index in [9.17, 15) is 9.59 Å². The lowest BCUT2D eigenvalue weighted by atomic mass is 9.91. The summed E-state index contributed by atoms with van der Waals surface area (Å²) in [5, 5.41) is 2.84. The Morgan fingerprint density at radius 2 is 1.83 bits per heavy atom. The molecule has 0 aliphatic heterocycles. The van der Waals surface area contributed by atoms with Crippen LogP contribution >= 0.6 is 0 Å². The Balaban J connectivity index is 1.43. The number of hydrogen-bond acceptors (Lipinski definition) is 5. The van der Waals surface area contributed by atoms with Crippen LogP contribution in [-0.4, -0.2) is 47.1 Å². The summed E-state index contributed by atoms with van der Waals surface area (Å²) in [5.41, 5.74) is 0.134. The first-order valence-electron chi connectivity index (χ1n) is 11.4. The molecule has 0 saturated heterocycles. The highest BCUT2D eigenvalue weighted by Gasteiger charge is 2.43. The van der Waals surface area contributed by atoms with Gasteiger partial charge in [0.15, 0.2) is 0 Å². The predicted octanol–water partition coefficient (Wildman–Crippen LogP) is 4.02. The summed E-state index contributed by atoms with van der Waals surface area (Å²) in [7, 11) is 1.81. The van der Waals surface area contributed by atoms with Crippen molar-refractivity contribution in [3.8, 4) is 11.8 Å². The molecule has 4 rings (SSSR count). The third kappa shape index (κ3) is 4.71. The standard InChI is InChI=1S/C23H33N3O4/c1-4-23(5-2,21(27)26(3)17-10-11-17)25-22(28)30-19-13-12-18(16-8-9-16)20(24-19)29-14-15-6-7-15/h12-13,15-17H,4-11,14H2,1-3H3,(H,25,28). The average molecular weight is 416 g/mol. The minimum absolute atomic E-state index is 0.0579. The molecule has 0 bridgehead atoms. The molecule has 7 heteroatoms. The molecule has 1 aromatic heterocycles. The SMILES string of the molecule is CCC(CC)(NC(=O)Oc1ccc(C2CC2)c(OCC2CC2)n1)C(=O)N(C)C1CC1. The number of nitrogens with one attached hydrogen (secondary N) is 1. The van der Waals surface area contributed by atoms with E-state index in [0.717, 1.165) is 31.2 Å². The van der Waals surface area contributed by atoms with Gasteiger partial charge < -0.3 is 19.7 Å². The Morgan fingerprint density at radius 1 is 1.13 bits per heavy atom. The highest BCUT2D eigenvalue weighted by molar-refractivity contribution is 5.90. The minimum atomic E-state index is -0.965. The summed E-state index contributed by atoms with van der Waals surface area (Å²) in [5.74, 6) is 1.84. The van der Waals surface area contributed by atoms with Gasteiger partial charge in [0.2, 0.25) is 17.7 Å². The fourth-order valence-corrected chi connectivity index (χ4v) is 3.86. The normalized spacial score (nSPS) is 18.6. The number of amides is 2. The molecule has 2 amide bonds. The van der Waals surface area contributed by atoms with Gasteiger partial charge in [-0.3, -0.25) is 4.79 Å². The van der Waals surface area contributed by atoms with Gasteiger partial charge in [0.05, 0.1) is 6.61 Å². The summed E-state index contributed by atoms with van der Waals surface area (Å²) >= 11 is 0. The molecule has 1 heterocycles. The van der Waals surface area contributed by atoms with Crippen LogP contribution in [0.25, 0.3) is 0 Å². The van der Waals surface area contributed by atoms with Gasteiger partial charge >= 0.3 is 6.09 Å². The van der Waals surface area contributed by atoms with Crippen LogP contribution in [0.5, 0.6) is 11.8 Å². The van der Waals surface area contributed by atoms with Crippen LogP contribution in [0.15, 0.2) is 12.1 Å². The number of aromatic nitrogens is 1. The number of carbonyl (C=O) groups excluding carboxylic acids is 2. The van der Waals surface area contributed by atoms with Crippen molar-refractivity contribution in [2.75, 3.05) is 13.7 Å². The summed E-state index contributed by atoms with van der Waals surface area (Å²) in [4.78, 5) is 32.0. The Labute approximate surface area is 178 Å². The number of nitrogens with zero attached hydrogens (tertiary/aromatic N) is 2. The van der Waals surface area contributed by atoms with Crippen molar-refractivity contribution < 1.29 is 19.1 Å². The van der Waals surface area contributed by atoms with E-state index in [-0.39, 0.29) is 17.8 Å². The summed E-state index contributed by atoms with van der Waals surface area (Å²) in [6, 6.07) is 3.96. The van der Waals surface area contributed by atoms with E-state index in [0.29, 0.717) is 37.2 Å². The first-order valence-corrected chi connectivity index (χ1v) is 11.4. The minimum Gasteiger partial charge on any atom is -0.477 e. The van der Waals surface area contributed by atoms with Crippen molar-refractivity contribution in [1.29, 1.82) is 0 Å². The summed E-state index contributed by atoms with van der Waals surface area (Å²) in [6.07, 6.45) is 7.09. The smallest absolute Gasteiger partial charge is 0.414 e. The molecule has 3 aliphatic carbocycles. The maximum atomic E-state index is 13.1. The van der Waals surface area contributed by atoms with Crippen LogP contribution in [0.4, 0.5) is 4.79 Å². The molecular weight excluding hydrogens is 382 g/mol. The molecule has 30 heavy (non-hydrogen) atoms.